The summed E-state index contributed by atoms with van der Waals surface area (Å²) < 4.78 is 14.2. The fraction of sp³-hybridized carbons (Fsp3) is 0.455. The van der Waals surface area contributed by atoms with Crippen LogP contribution in [-0.2, 0) is 20.8 Å². The van der Waals surface area contributed by atoms with Crippen LogP contribution in [0.5, 0.6) is 0 Å². The van der Waals surface area contributed by atoms with Crippen LogP contribution in [0.2, 0.25) is 0 Å². The summed E-state index contributed by atoms with van der Waals surface area (Å²) in [5.74, 6) is -0.271. The Hall–Kier alpha value is -1.82. The maximum Gasteiger partial charge on any atom is 0.341 e. The van der Waals surface area contributed by atoms with E-state index in [0.29, 0.717) is 17.9 Å². The van der Waals surface area contributed by atoms with Crippen molar-refractivity contribution in [2.45, 2.75) is 19.5 Å². The molecule has 0 saturated heterocycles. The molecule has 1 aromatic rings. The predicted octanol–water partition coefficient (Wildman–Crippen LogP) is 0.717. The number of methoxy groups -OCH3 is 2. The highest BCUT2D eigenvalue weighted by Gasteiger charge is 2.14. The molecule has 0 aromatic carbocycles. The average Bonchev–Trinajstić information content (AvgIpc) is 2.82. The smallest absolute Gasteiger partial charge is 0.341 e. The van der Waals surface area contributed by atoms with Gasteiger partial charge in [0.1, 0.15) is 18.1 Å². The Labute approximate surface area is 98.9 Å². The van der Waals surface area contributed by atoms with Crippen LogP contribution in [0.3, 0.4) is 0 Å². The second-order valence-electron chi connectivity index (χ2n) is 3.42. The van der Waals surface area contributed by atoms with E-state index in [4.69, 9.17) is 4.42 Å². The number of furan rings is 1. The van der Waals surface area contributed by atoms with Crippen LogP contribution >= 0.6 is 0 Å². The van der Waals surface area contributed by atoms with Crippen molar-refractivity contribution in [1.29, 1.82) is 0 Å². The third kappa shape index (κ3) is 3.60. The van der Waals surface area contributed by atoms with Crippen LogP contribution in [0.1, 0.15) is 23.0 Å². The van der Waals surface area contributed by atoms with E-state index >= 15 is 0 Å². The summed E-state index contributed by atoms with van der Waals surface area (Å²) in [7, 11) is 2.62. The van der Waals surface area contributed by atoms with E-state index in [1.54, 1.807) is 13.0 Å². The van der Waals surface area contributed by atoms with Crippen molar-refractivity contribution in [2.75, 3.05) is 14.2 Å². The van der Waals surface area contributed by atoms with E-state index in [1.807, 2.05) is 0 Å². The average molecular weight is 241 g/mol. The Kier molecular flexibility index (Phi) is 4.71. The maximum absolute atomic E-state index is 11.1. The Morgan fingerprint density at radius 1 is 1.41 bits per heavy atom. The quantitative estimate of drug-likeness (QED) is 0.765. The summed E-state index contributed by atoms with van der Waals surface area (Å²) in [6.07, 6.45) is 1.31. The van der Waals surface area contributed by atoms with Gasteiger partial charge >= 0.3 is 11.9 Å². The summed E-state index contributed by atoms with van der Waals surface area (Å²) >= 11 is 0. The first kappa shape index (κ1) is 13.2. The Bertz CT molecular complexity index is 398. The second-order valence-corrected chi connectivity index (χ2v) is 3.42. The zero-order valence-corrected chi connectivity index (χ0v) is 9.98. The SMILES string of the molecule is COC(=O)c1coc(CN[C@@H](C)C(=O)OC)c1. The molecule has 0 bridgehead atoms. The molecule has 0 unspecified atom stereocenters. The highest BCUT2D eigenvalue weighted by Crippen LogP contribution is 2.09. The third-order valence-corrected chi connectivity index (χ3v) is 2.21. The molecule has 1 N–H and O–H groups in total. The molecular formula is C11H15NO5. The lowest BCUT2D eigenvalue weighted by Crippen LogP contribution is -2.34. The lowest BCUT2D eigenvalue weighted by atomic mass is 10.3. The molecule has 0 aliphatic carbocycles. The molecule has 0 fully saturated rings. The highest BCUT2D eigenvalue weighted by atomic mass is 16.5. The topological polar surface area (TPSA) is 77.8 Å². The van der Waals surface area contributed by atoms with Crippen molar-refractivity contribution < 1.29 is 23.5 Å². The van der Waals surface area contributed by atoms with E-state index in [9.17, 15) is 9.59 Å². The van der Waals surface area contributed by atoms with Crippen molar-refractivity contribution in [3.05, 3.63) is 23.7 Å². The number of hydrogen-bond donors (Lipinski definition) is 1. The van der Waals surface area contributed by atoms with E-state index in [-0.39, 0.29) is 5.97 Å². The molecule has 17 heavy (non-hydrogen) atoms. The van der Waals surface area contributed by atoms with Crippen molar-refractivity contribution in [2.24, 2.45) is 0 Å². The second kappa shape index (κ2) is 6.05. The summed E-state index contributed by atoms with van der Waals surface area (Å²) in [5, 5.41) is 2.90. The number of nitrogens with one attached hydrogen (secondary N) is 1. The minimum atomic E-state index is -0.457. The van der Waals surface area contributed by atoms with E-state index in [0.717, 1.165) is 0 Å². The van der Waals surface area contributed by atoms with Gasteiger partial charge in [-0.1, -0.05) is 0 Å². The Morgan fingerprint density at radius 3 is 2.71 bits per heavy atom. The van der Waals surface area contributed by atoms with Gasteiger partial charge in [-0.2, -0.15) is 0 Å². The van der Waals surface area contributed by atoms with Gasteiger partial charge in [0.2, 0.25) is 0 Å². The molecule has 0 spiro atoms. The van der Waals surface area contributed by atoms with Gasteiger partial charge in [-0.05, 0) is 13.0 Å². The number of hydrogen-bond acceptors (Lipinski definition) is 6. The van der Waals surface area contributed by atoms with E-state index < -0.39 is 12.0 Å². The molecule has 6 nitrogen and oxygen atoms in total. The fourth-order valence-corrected chi connectivity index (χ4v) is 1.21. The maximum atomic E-state index is 11.1. The zero-order valence-electron chi connectivity index (χ0n) is 9.98. The van der Waals surface area contributed by atoms with E-state index in [2.05, 4.69) is 14.8 Å². The molecule has 0 aliphatic heterocycles. The molecule has 94 valence electrons. The molecule has 1 rings (SSSR count). The summed E-state index contributed by atoms with van der Waals surface area (Å²) in [5.41, 5.74) is 0.343. The standard InChI is InChI=1S/C11H15NO5/c1-7(10(13)15-2)12-5-9-4-8(6-17-9)11(14)16-3/h4,6-7,12H,5H2,1-3H3/t7-/m0/s1. The van der Waals surface area contributed by atoms with Crippen LogP contribution in [0.15, 0.2) is 16.7 Å². The molecule has 1 heterocycles. The molecule has 0 amide bonds. The fourth-order valence-electron chi connectivity index (χ4n) is 1.21. The van der Waals surface area contributed by atoms with Gasteiger partial charge in [0.25, 0.3) is 0 Å². The molecule has 6 heteroatoms. The largest absolute Gasteiger partial charge is 0.468 e. The number of carbonyl (C=O) groups excluding carboxylic acids is 2. The Balaban J connectivity index is 2.50. The first-order valence-corrected chi connectivity index (χ1v) is 5.05. The minimum Gasteiger partial charge on any atom is -0.468 e. The first-order valence-electron chi connectivity index (χ1n) is 5.05. The molecular weight excluding hydrogens is 226 g/mol. The van der Waals surface area contributed by atoms with Crippen LogP contribution < -0.4 is 5.32 Å². The normalized spacial score (nSPS) is 11.9. The third-order valence-electron chi connectivity index (χ3n) is 2.21. The highest BCUT2D eigenvalue weighted by molar-refractivity contribution is 5.88. The van der Waals surface area contributed by atoms with Gasteiger partial charge in [0.15, 0.2) is 0 Å². The Morgan fingerprint density at radius 2 is 2.12 bits per heavy atom. The number of ether oxygens (including phenoxy) is 2. The minimum absolute atomic E-state index is 0.327. The number of carbonyl (C=O) groups is 2. The monoisotopic (exact) mass is 241 g/mol. The first-order chi connectivity index (χ1) is 8.08. The van der Waals surface area contributed by atoms with Crippen LogP contribution in [0, 0.1) is 0 Å². The van der Waals surface area contributed by atoms with Gasteiger partial charge in [-0.25, -0.2) is 4.79 Å². The van der Waals surface area contributed by atoms with E-state index in [1.165, 1.54) is 20.5 Å². The van der Waals surface area contributed by atoms with Crippen molar-refractivity contribution in [3.63, 3.8) is 0 Å². The van der Waals surface area contributed by atoms with Crippen molar-refractivity contribution >= 4 is 11.9 Å². The molecule has 1 atom stereocenters. The molecule has 0 radical (unpaired) electrons. The summed E-state index contributed by atoms with van der Waals surface area (Å²) in [6.45, 7) is 2.00. The lowest BCUT2D eigenvalue weighted by molar-refractivity contribution is -0.142. The molecule has 1 aromatic heterocycles. The van der Waals surface area contributed by atoms with Crippen LogP contribution in [-0.4, -0.2) is 32.2 Å². The van der Waals surface area contributed by atoms with Gasteiger partial charge in [0.05, 0.1) is 26.3 Å². The number of esters is 2. The van der Waals surface area contributed by atoms with Gasteiger partial charge in [-0.3, -0.25) is 10.1 Å². The van der Waals surface area contributed by atoms with Gasteiger partial charge < -0.3 is 13.9 Å². The predicted molar refractivity (Wildman–Crippen MR) is 58.4 cm³/mol. The van der Waals surface area contributed by atoms with Gasteiger partial charge in [-0.15, -0.1) is 0 Å². The van der Waals surface area contributed by atoms with Crippen LogP contribution in [0.25, 0.3) is 0 Å². The molecule has 0 saturated carbocycles. The zero-order chi connectivity index (χ0) is 12.8. The van der Waals surface area contributed by atoms with Gasteiger partial charge in [0, 0.05) is 0 Å². The number of rotatable bonds is 5. The van der Waals surface area contributed by atoms with Crippen molar-refractivity contribution in [3.8, 4) is 0 Å². The lowest BCUT2D eigenvalue weighted by Gasteiger charge is -2.09. The van der Waals surface area contributed by atoms with Crippen molar-refractivity contribution in [1.82, 2.24) is 5.32 Å². The summed E-state index contributed by atoms with van der Waals surface area (Å²) in [4.78, 5) is 22.2. The summed E-state index contributed by atoms with van der Waals surface area (Å²) in [6, 6.07) is 1.12. The molecule has 0 aliphatic rings. The van der Waals surface area contributed by atoms with Crippen LogP contribution in [0.4, 0.5) is 0 Å².